The Morgan fingerprint density at radius 2 is 2.14 bits per heavy atom. The summed E-state index contributed by atoms with van der Waals surface area (Å²) in [6, 6.07) is 6.60. The van der Waals surface area contributed by atoms with E-state index in [1.807, 2.05) is 0 Å². The third-order valence-corrected chi connectivity index (χ3v) is 2.03. The molecule has 1 heterocycles. The van der Waals surface area contributed by atoms with Gasteiger partial charge in [-0.15, -0.1) is 0 Å². The lowest BCUT2D eigenvalue weighted by atomic mass is 10.2. The van der Waals surface area contributed by atoms with E-state index in [9.17, 15) is 4.39 Å². The van der Waals surface area contributed by atoms with Gasteiger partial charge in [-0.25, -0.2) is 9.07 Å². The highest BCUT2D eigenvalue weighted by atomic mass is 19.1. The van der Waals surface area contributed by atoms with Crippen LogP contribution in [-0.4, -0.2) is 9.78 Å². The highest BCUT2D eigenvalue weighted by Gasteiger charge is 2.02. The highest BCUT2D eigenvalue weighted by Crippen LogP contribution is 2.13. The predicted molar refractivity (Wildman–Crippen MR) is 52.7 cm³/mol. The van der Waals surface area contributed by atoms with Gasteiger partial charge in [0.05, 0.1) is 5.69 Å². The molecule has 0 aliphatic heterocycles. The SMILES string of the molecule is Cc1ccc(-n2ccc(N)n2)cc1F. The summed E-state index contributed by atoms with van der Waals surface area (Å²) in [7, 11) is 0. The molecule has 14 heavy (non-hydrogen) atoms. The molecule has 0 spiro atoms. The van der Waals surface area contributed by atoms with E-state index in [0.717, 1.165) is 0 Å². The van der Waals surface area contributed by atoms with Crippen LogP contribution in [0.4, 0.5) is 10.2 Å². The molecule has 0 aliphatic carbocycles. The van der Waals surface area contributed by atoms with E-state index in [1.54, 1.807) is 31.3 Å². The van der Waals surface area contributed by atoms with Crippen molar-refractivity contribution in [2.24, 2.45) is 0 Å². The number of aromatic nitrogens is 2. The molecule has 4 heteroatoms. The molecular formula is C10H10FN3. The molecule has 0 aliphatic rings. The smallest absolute Gasteiger partial charge is 0.145 e. The Bertz CT molecular complexity index is 462. The van der Waals surface area contributed by atoms with Crippen LogP contribution in [0.3, 0.4) is 0 Å². The van der Waals surface area contributed by atoms with Gasteiger partial charge >= 0.3 is 0 Å². The largest absolute Gasteiger partial charge is 0.382 e. The van der Waals surface area contributed by atoms with E-state index in [4.69, 9.17) is 5.73 Å². The Labute approximate surface area is 81.0 Å². The fourth-order valence-corrected chi connectivity index (χ4v) is 1.21. The van der Waals surface area contributed by atoms with E-state index in [-0.39, 0.29) is 5.82 Å². The monoisotopic (exact) mass is 191 g/mol. The second-order valence-corrected chi connectivity index (χ2v) is 3.12. The van der Waals surface area contributed by atoms with E-state index in [1.165, 1.54) is 10.7 Å². The molecule has 2 aromatic rings. The molecular weight excluding hydrogens is 181 g/mol. The lowest BCUT2D eigenvalue weighted by molar-refractivity contribution is 0.616. The van der Waals surface area contributed by atoms with Crippen molar-refractivity contribution in [1.29, 1.82) is 0 Å². The molecule has 0 saturated heterocycles. The van der Waals surface area contributed by atoms with Crippen LogP contribution in [0.15, 0.2) is 30.5 Å². The first-order chi connectivity index (χ1) is 6.66. The molecule has 0 unspecified atom stereocenters. The summed E-state index contributed by atoms with van der Waals surface area (Å²) < 4.78 is 14.7. The van der Waals surface area contributed by atoms with E-state index in [0.29, 0.717) is 17.1 Å². The maximum absolute atomic E-state index is 13.2. The number of nitrogens with two attached hydrogens (primary N) is 1. The van der Waals surface area contributed by atoms with Crippen molar-refractivity contribution in [3.8, 4) is 5.69 Å². The molecule has 0 radical (unpaired) electrons. The standard InChI is InChI=1S/C10H10FN3/c1-7-2-3-8(6-9(7)11)14-5-4-10(12)13-14/h2-6H,1H3,(H2,12,13). The van der Waals surface area contributed by atoms with Crippen molar-refractivity contribution in [1.82, 2.24) is 9.78 Å². The number of nitrogen functional groups attached to an aromatic ring is 1. The summed E-state index contributed by atoms with van der Waals surface area (Å²) in [5, 5.41) is 3.98. The Morgan fingerprint density at radius 3 is 2.71 bits per heavy atom. The Balaban J connectivity index is 2.47. The number of anilines is 1. The zero-order valence-corrected chi connectivity index (χ0v) is 7.74. The van der Waals surface area contributed by atoms with Crippen LogP contribution < -0.4 is 5.73 Å². The van der Waals surface area contributed by atoms with Crippen LogP contribution in [0.5, 0.6) is 0 Å². The molecule has 1 aromatic heterocycles. The van der Waals surface area contributed by atoms with Crippen molar-refractivity contribution >= 4 is 5.82 Å². The molecule has 1 aromatic carbocycles. The topological polar surface area (TPSA) is 43.8 Å². The van der Waals surface area contributed by atoms with E-state index in [2.05, 4.69) is 5.10 Å². The molecule has 0 amide bonds. The fourth-order valence-electron chi connectivity index (χ4n) is 1.21. The number of halogens is 1. The van der Waals surface area contributed by atoms with Crippen LogP contribution in [0.25, 0.3) is 5.69 Å². The minimum absolute atomic E-state index is 0.239. The first-order valence-electron chi connectivity index (χ1n) is 4.24. The average molecular weight is 191 g/mol. The Kier molecular flexibility index (Phi) is 1.96. The van der Waals surface area contributed by atoms with Crippen LogP contribution in [0, 0.1) is 12.7 Å². The third-order valence-electron chi connectivity index (χ3n) is 2.03. The van der Waals surface area contributed by atoms with Gasteiger partial charge in [0, 0.05) is 12.3 Å². The first kappa shape index (κ1) is 8.74. The van der Waals surface area contributed by atoms with Gasteiger partial charge in [-0.05, 0) is 24.6 Å². The number of rotatable bonds is 1. The van der Waals surface area contributed by atoms with Gasteiger partial charge in [-0.3, -0.25) is 0 Å². The van der Waals surface area contributed by atoms with E-state index >= 15 is 0 Å². The minimum atomic E-state index is -0.239. The second kappa shape index (κ2) is 3.14. The lowest BCUT2D eigenvalue weighted by Crippen LogP contribution is -1.97. The molecule has 3 nitrogen and oxygen atoms in total. The summed E-state index contributed by atoms with van der Waals surface area (Å²) in [6.45, 7) is 1.72. The van der Waals surface area contributed by atoms with Crippen LogP contribution in [-0.2, 0) is 0 Å². The quantitative estimate of drug-likeness (QED) is 0.748. The summed E-state index contributed by atoms with van der Waals surface area (Å²) in [5.41, 5.74) is 6.75. The average Bonchev–Trinajstić information content (AvgIpc) is 2.57. The second-order valence-electron chi connectivity index (χ2n) is 3.12. The van der Waals surface area contributed by atoms with Gasteiger partial charge in [0.15, 0.2) is 0 Å². The van der Waals surface area contributed by atoms with Crippen molar-refractivity contribution in [3.05, 3.63) is 41.8 Å². The van der Waals surface area contributed by atoms with Crippen molar-refractivity contribution in [2.75, 3.05) is 5.73 Å². The number of hydrogen-bond donors (Lipinski definition) is 1. The zero-order chi connectivity index (χ0) is 10.1. The zero-order valence-electron chi connectivity index (χ0n) is 7.74. The van der Waals surface area contributed by atoms with Crippen molar-refractivity contribution < 1.29 is 4.39 Å². The predicted octanol–water partition coefficient (Wildman–Crippen LogP) is 1.90. The van der Waals surface area contributed by atoms with Crippen LogP contribution in [0.1, 0.15) is 5.56 Å². The van der Waals surface area contributed by atoms with Gasteiger partial charge in [-0.1, -0.05) is 6.07 Å². The van der Waals surface area contributed by atoms with Gasteiger partial charge in [0.2, 0.25) is 0 Å². The van der Waals surface area contributed by atoms with Gasteiger partial charge in [-0.2, -0.15) is 5.10 Å². The summed E-state index contributed by atoms with van der Waals surface area (Å²) >= 11 is 0. The molecule has 0 bridgehead atoms. The molecule has 0 atom stereocenters. The van der Waals surface area contributed by atoms with Crippen LogP contribution >= 0.6 is 0 Å². The molecule has 0 fully saturated rings. The normalized spacial score (nSPS) is 10.4. The lowest BCUT2D eigenvalue weighted by Gasteiger charge is -2.02. The van der Waals surface area contributed by atoms with Crippen molar-refractivity contribution in [3.63, 3.8) is 0 Å². The number of aryl methyl sites for hydroxylation is 1. The Hall–Kier alpha value is -1.84. The Morgan fingerprint density at radius 1 is 1.36 bits per heavy atom. The summed E-state index contributed by atoms with van der Waals surface area (Å²) in [5.74, 6) is 0.183. The molecule has 2 N–H and O–H groups in total. The minimum Gasteiger partial charge on any atom is -0.382 e. The maximum atomic E-state index is 13.2. The maximum Gasteiger partial charge on any atom is 0.145 e. The summed E-state index contributed by atoms with van der Waals surface area (Å²) in [6.07, 6.45) is 1.69. The number of hydrogen-bond acceptors (Lipinski definition) is 2. The fraction of sp³-hybridized carbons (Fsp3) is 0.100. The highest BCUT2D eigenvalue weighted by molar-refractivity contribution is 5.37. The molecule has 2 rings (SSSR count). The van der Waals surface area contributed by atoms with Gasteiger partial charge in [0.1, 0.15) is 11.6 Å². The third kappa shape index (κ3) is 1.46. The number of benzene rings is 1. The molecule has 0 saturated carbocycles. The van der Waals surface area contributed by atoms with Gasteiger partial charge in [0.25, 0.3) is 0 Å². The first-order valence-corrected chi connectivity index (χ1v) is 4.24. The van der Waals surface area contributed by atoms with Crippen molar-refractivity contribution in [2.45, 2.75) is 6.92 Å². The van der Waals surface area contributed by atoms with E-state index < -0.39 is 0 Å². The van der Waals surface area contributed by atoms with Gasteiger partial charge < -0.3 is 5.73 Å². The number of nitrogens with zero attached hydrogens (tertiary/aromatic N) is 2. The summed E-state index contributed by atoms with van der Waals surface area (Å²) in [4.78, 5) is 0. The molecule has 72 valence electrons. The van der Waals surface area contributed by atoms with Crippen LogP contribution in [0.2, 0.25) is 0 Å².